The van der Waals surface area contributed by atoms with Crippen LogP contribution < -0.4 is 0 Å². The summed E-state index contributed by atoms with van der Waals surface area (Å²) < 4.78 is 41.0. The molecule has 5 heteroatoms. The van der Waals surface area contributed by atoms with Crippen LogP contribution in [0.25, 0.3) is 0 Å². The fourth-order valence-electron chi connectivity index (χ4n) is 1.67. The van der Waals surface area contributed by atoms with Gasteiger partial charge in [0.05, 0.1) is 11.1 Å². The number of ketones is 1. The van der Waals surface area contributed by atoms with Crippen LogP contribution in [0.5, 0.6) is 0 Å². The molecular weight excluding hydrogens is 321 g/mol. The van der Waals surface area contributed by atoms with Crippen LogP contribution >= 0.6 is 15.9 Å². The van der Waals surface area contributed by atoms with Crippen LogP contribution in [0.1, 0.15) is 21.5 Å². The van der Waals surface area contributed by atoms with E-state index in [1.807, 2.05) is 0 Å². The monoisotopic (exact) mass is 328 g/mol. The van der Waals surface area contributed by atoms with Crippen molar-refractivity contribution in [3.05, 3.63) is 68.9 Å². The fourth-order valence-corrected chi connectivity index (χ4v) is 2.19. The predicted molar refractivity (Wildman–Crippen MR) is 68.6 cm³/mol. The molecule has 0 aromatic heterocycles. The molecule has 0 saturated heterocycles. The smallest absolute Gasteiger partial charge is 0.200 e. The van der Waals surface area contributed by atoms with Crippen molar-refractivity contribution >= 4 is 21.7 Å². The summed E-state index contributed by atoms with van der Waals surface area (Å²) in [4.78, 5) is 12.1. The zero-order valence-electron chi connectivity index (χ0n) is 9.81. The molecule has 0 bridgehead atoms. The Labute approximate surface area is 116 Å². The first-order valence-electron chi connectivity index (χ1n) is 5.36. The van der Waals surface area contributed by atoms with Crippen LogP contribution in [0, 0.1) is 24.4 Å². The molecule has 0 N–H and O–H groups in total. The van der Waals surface area contributed by atoms with Gasteiger partial charge in [0.25, 0.3) is 0 Å². The number of aryl methyl sites for hydroxylation is 1. The van der Waals surface area contributed by atoms with Crippen LogP contribution in [-0.2, 0) is 0 Å². The van der Waals surface area contributed by atoms with Gasteiger partial charge in [-0.3, -0.25) is 4.79 Å². The molecule has 98 valence electrons. The second-order valence-electron chi connectivity index (χ2n) is 3.98. The standard InChI is InChI=1S/C14H8BrF3O/c1-7-5-6-8(13(18)12(7)17)14(19)11-9(15)3-2-4-10(11)16/h2-6H,1H3. The van der Waals surface area contributed by atoms with E-state index in [0.717, 1.165) is 12.1 Å². The quantitative estimate of drug-likeness (QED) is 0.746. The third-order valence-corrected chi connectivity index (χ3v) is 3.37. The molecule has 0 spiro atoms. The van der Waals surface area contributed by atoms with Crippen molar-refractivity contribution in [2.75, 3.05) is 0 Å². The molecule has 2 rings (SSSR count). The predicted octanol–water partition coefficient (Wildman–Crippen LogP) is 4.41. The molecule has 1 nitrogen and oxygen atoms in total. The lowest BCUT2D eigenvalue weighted by Crippen LogP contribution is -2.09. The van der Waals surface area contributed by atoms with Gasteiger partial charge in [-0.25, -0.2) is 13.2 Å². The molecule has 0 aliphatic rings. The van der Waals surface area contributed by atoms with Gasteiger partial charge in [-0.2, -0.15) is 0 Å². The first kappa shape index (κ1) is 13.8. The molecule has 0 amide bonds. The Bertz CT molecular complexity index is 648. The van der Waals surface area contributed by atoms with E-state index in [-0.39, 0.29) is 15.6 Å². The van der Waals surface area contributed by atoms with E-state index in [4.69, 9.17) is 0 Å². The summed E-state index contributed by atoms with van der Waals surface area (Å²) in [6, 6.07) is 6.37. The van der Waals surface area contributed by atoms with Crippen LogP contribution in [-0.4, -0.2) is 5.78 Å². The van der Waals surface area contributed by atoms with E-state index in [2.05, 4.69) is 15.9 Å². The second kappa shape index (κ2) is 5.17. The highest BCUT2D eigenvalue weighted by atomic mass is 79.9. The van der Waals surface area contributed by atoms with Gasteiger partial charge in [0, 0.05) is 4.47 Å². The number of rotatable bonds is 2. The maximum absolute atomic E-state index is 13.7. The average molecular weight is 329 g/mol. The van der Waals surface area contributed by atoms with Crippen molar-refractivity contribution in [1.82, 2.24) is 0 Å². The third-order valence-electron chi connectivity index (χ3n) is 2.71. The number of carbonyl (C=O) groups is 1. The minimum Gasteiger partial charge on any atom is -0.288 e. The molecule has 0 radical (unpaired) electrons. The molecule has 0 heterocycles. The van der Waals surface area contributed by atoms with E-state index in [0.29, 0.717) is 0 Å². The molecule has 0 atom stereocenters. The minimum absolute atomic E-state index is 0.0849. The Morgan fingerprint density at radius 3 is 2.37 bits per heavy atom. The highest BCUT2D eigenvalue weighted by Gasteiger charge is 2.22. The van der Waals surface area contributed by atoms with Crippen LogP contribution in [0.3, 0.4) is 0 Å². The number of halogens is 4. The maximum Gasteiger partial charge on any atom is 0.200 e. The van der Waals surface area contributed by atoms with Crippen LogP contribution in [0.2, 0.25) is 0 Å². The summed E-state index contributed by atoms with van der Waals surface area (Å²) in [5.74, 6) is -4.06. The highest BCUT2D eigenvalue weighted by Crippen LogP contribution is 2.25. The molecule has 2 aromatic rings. The number of carbonyl (C=O) groups excluding carboxylic acids is 1. The SMILES string of the molecule is Cc1ccc(C(=O)c2c(F)cccc2Br)c(F)c1F. The Morgan fingerprint density at radius 1 is 1.05 bits per heavy atom. The van der Waals surface area contributed by atoms with Crippen molar-refractivity contribution in [3.63, 3.8) is 0 Å². The summed E-state index contributed by atoms with van der Waals surface area (Å²) >= 11 is 3.03. The van der Waals surface area contributed by atoms with Gasteiger partial charge in [-0.05, 0) is 46.6 Å². The third kappa shape index (κ3) is 2.42. The summed E-state index contributed by atoms with van der Waals surface area (Å²) in [5, 5.41) is 0. The number of hydrogen-bond acceptors (Lipinski definition) is 1. The zero-order chi connectivity index (χ0) is 14.2. The molecule has 0 unspecified atom stereocenters. The Kier molecular flexibility index (Phi) is 3.75. The van der Waals surface area contributed by atoms with Crippen LogP contribution in [0.4, 0.5) is 13.2 Å². The molecular formula is C14H8BrF3O. The molecule has 0 saturated carbocycles. The van der Waals surface area contributed by atoms with Crippen molar-refractivity contribution in [1.29, 1.82) is 0 Å². The minimum atomic E-state index is -1.26. The summed E-state index contributed by atoms with van der Waals surface area (Å²) in [6.45, 7) is 1.38. The lowest BCUT2D eigenvalue weighted by atomic mass is 10.0. The van der Waals surface area contributed by atoms with Gasteiger partial charge in [-0.15, -0.1) is 0 Å². The van der Waals surface area contributed by atoms with Gasteiger partial charge in [0.15, 0.2) is 17.4 Å². The lowest BCUT2D eigenvalue weighted by Gasteiger charge is -2.07. The zero-order valence-corrected chi connectivity index (χ0v) is 11.4. The Hall–Kier alpha value is -1.62. The average Bonchev–Trinajstić information content (AvgIpc) is 2.35. The van der Waals surface area contributed by atoms with Gasteiger partial charge < -0.3 is 0 Å². The van der Waals surface area contributed by atoms with Gasteiger partial charge in [-0.1, -0.05) is 12.1 Å². The second-order valence-corrected chi connectivity index (χ2v) is 4.84. The molecule has 2 aromatic carbocycles. The lowest BCUT2D eigenvalue weighted by molar-refractivity contribution is 0.102. The van der Waals surface area contributed by atoms with Gasteiger partial charge >= 0.3 is 0 Å². The molecule has 0 aliphatic carbocycles. The van der Waals surface area contributed by atoms with Gasteiger partial charge in [0.2, 0.25) is 0 Å². The largest absolute Gasteiger partial charge is 0.288 e. The summed E-state index contributed by atoms with van der Waals surface area (Å²) in [7, 11) is 0. The molecule has 19 heavy (non-hydrogen) atoms. The first-order valence-corrected chi connectivity index (χ1v) is 6.16. The molecule has 0 fully saturated rings. The topological polar surface area (TPSA) is 17.1 Å². The van der Waals surface area contributed by atoms with E-state index in [1.54, 1.807) is 0 Å². The van der Waals surface area contributed by atoms with Crippen molar-refractivity contribution in [2.45, 2.75) is 6.92 Å². The number of hydrogen-bond donors (Lipinski definition) is 0. The Morgan fingerprint density at radius 2 is 1.74 bits per heavy atom. The fraction of sp³-hybridized carbons (Fsp3) is 0.0714. The van der Waals surface area contributed by atoms with Crippen LogP contribution in [0.15, 0.2) is 34.8 Å². The van der Waals surface area contributed by atoms with Crippen molar-refractivity contribution in [3.8, 4) is 0 Å². The highest BCUT2D eigenvalue weighted by molar-refractivity contribution is 9.10. The summed E-state index contributed by atoms with van der Waals surface area (Å²) in [6.07, 6.45) is 0. The normalized spacial score (nSPS) is 10.6. The molecule has 0 aliphatic heterocycles. The van der Waals surface area contributed by atoms with E-state index >= 15 is 0 Å². The Balaban J connectivity index is 2.60. The maximum atomic E-state index is 13.7. The van der Waals surface area contributed by atoms with E-state index in [9.17, 15) is 18.0 Å². The van der Waals surface area contributed by atoms with Crippen molar-refractivity contribution < 1.29 is 18.0 Å². The van der Waals surface area contributed by atoms with E-state index in [1.165, 1.54) is 25.1 Å². The first-order chi connectivity index (χ1) is 8.93. The van der Waals surface area contributed by atoms with Gasteiger partial charge in [0.1, 0.15) is 5.82 Å². The number of benzene rings is 2. The summed E-state index contributed by atoms with van der Waals surface area (Å²) in [5.41, 5.74) is -0.722. The van der Waals surface area contributed by atoms with E-state index < -0.39 is 28.8 Å². The van der Waals surface area contributed by atoms with Crippen molar-refractivity contribution in [2.24, 2.45) is 0 Å².